The van der Waals surface area contributed by atoms with Gasteiger partial charge in [0.15, 0.2) is 0 Å². The minimum absolute atomic E-state index is 0.196. The first-order chi connectivity index (χ1) is 10.2. The summed E-state index contributed by atoms with van der Waals surface area (Å²) in [6, 6.07) is 8.71. The molecule has 0 atom stereocenters. The van der Waals surface area contributed by atoms with Crippen molar-refractivity contribution in [2.24, 2.45) is 0 Å². The van der Waals surface area contributed by atoms with Crippen LogP contribution in [0.4, 0.5) is 0 Å². The van der Waals surface area contributed by atoms with Gasteiger partial charge in [0.05, 0.1) is 0 Å². The average molecular weight is 286 g/mol. The summed E-state index contributed by atoms with van der Waals surface area (Å²) < 4.78 is 0. The summed E-state index contributed by atoms with van der Waals surface area (Å²) in [5.74, 6) is 0.196. The number of amides is 1. The minimum atomic E-state index is 0.196. The van der Waals surface area contributed by atoms with Crippen LogP contribution in [-0.4, -0.2) is 47.9 Å². The normalized spacial score (nSPS) is 21.5. The third-order valence-corrected chi connectivity index (χ3v) is 4.96. The lowest BCUT2D eigenvalue weighted by Crippen LogP contribution is -2.52. The van der Waals surface area contributed by atoms with E-state index in [0.717, 1.165) is 43.3 Å². The first-order valence-corrected chi connectivity index (χ1v) is 8.34. The molecule has 0 spiro atoms. The van der Waals surface area contributed by atoms with E-state index in [9.17, 15) is 4.79 Å². The van der Waals surface area contributed by atoms with Crippen molar-refractivity contribution < 1.29 is 4.79 Å². The van der Waals surface area contributed by atoms with Gasteiger partial charge in [-0.2, -0.15) is 0 Å². The zero-order chi connectivity index (χ0) is 14.7. The molecule has 0 radical (unpaired) electrons. The molecular weight excluding hydrogens is 260 g/mol. The van der Waals surface area contributed by atoms with Crippen molar-refractivity contribution in [1.29, 1.82) is 0 Å². The van der Waals surface area contributed by atoms with Crippen LogP contribution >= 0.6 is 0 Å². The van der Waals surface area contributed by atoms with Crippen molar-refractivity contribution in [1.82, 2.24) is 9.80 Å². The van der Waals surface area contributed by atoms with Gasteiger partial charge in [0, 0.05) is 37.8 Å². The topological polar surface area (TPSA) is 23.6 Å². The van der Waals surface area contributed by atoms with Gasteiger partial charge in [-0.3, -0.25) is 9.69 Å². The van der Waals surface area contributed by atoms with E-state index in [2.05, 4.69) is 4.90 Å². The van der Waals surface area contributed by atoms with Gasteiger partial charge in [-0.1, -0.05) is 37.0 Å². The quantitative estimate of drug-likeness (QED) is 0.834. The summed E-state index contributed by atoms with van der Waals surface area (Å²) in [4.78, 5) is 17.2. The van der Waals surface area contributed by atoms with Crippen LogP contribution < -0.4 is 0 Å². The molecule has 1 saturated heterocycles. The van der Waals surface area contributed by atoms with Crippen molar-refractivity contribution in [3.8, 4) is 0 Å². The summed E-state index contributed by atoms with van der Waals surface area (Å²) >= 11 is 0. The lowest BCUT2D eigenvalue weighted by molar-refractivity contribution is 0.0523. The third-order valence-electron chi connectivity index (χ3n) is 4.96. The first-order valence-electron chi connectivity index (χ1n) is 8.34. The smallest absolute Gasteiger partial charge is 0.253 e. The van der Waals surface area contributed by atoms with E-state index >= 15 is 0 Å². The monoisotopic (exact) mass is 286 g/mol. The first kappa shape index (κ1) is 14.6. The predicted octanol–water partition coefficient (Wildman–Crippen LogP) is 3.09. The minimum Gasteiger partial charge on any atom is -0.336 e. The highest BCUT2D eigenvalue weighted by atomic mass is 16.2. The molecule has 0 unspecified atom stereocenters. The number of rotatable bonds is 2. The Labute approximate surface area is 127 Å². The summed E-state index contributed by atoms with van der Waals surface area (Å²) in [5.41, 5.74) is 1.99. The van der Waals surface area contributed by atoms with Crippen molar-refractivity contribution >= 4 is 5.91 Å². The Hall–Kier alpha value is -1.35. The molecule has 0 N–H and O–H groups in total. The van der Waals surface area contributed by atoms with Crippen LogP contribution in [-0.2, 0) is 0 Å². The maximum atomic E-state index is 12.5. The molecule has 1 aromatic carbocycles. The number of hydrogen-bond acceptors (Lipinski definition) is 2. The molecular formula is C18H26N2O. The summed E-state index contributed by atoms with van der Waals surface area (Å²) in [6.45, 7) is 5.88. The largest absolute Gasteiger partial charge is 0.336 e. The third kappa shape index (κ3) is 3.46. The highest BCUT2D eigenvalue weighted by Crippen LogP contribution is 2.23. The highest BCUT2D eigenvalue weighted by Gasteiger charge is 2.27. The summed E-state index contributed by atoms with van der Waals surface area (Å²) in [6.07, 6.45) is 6.88. The molecule has 21 heavy (non-hydrogen) atoms. The molecule has 2 aliphatic rings. The molecule has 0 bridgehead atoms. The Bertz CT molecular complexity index is 486. The van der Waals surface area contributed by atoms with E-state index in [1.165, 1.54) is 32.1 Å². The van der Waals surface area contributed by atoms with Gasteiger partial charge in [-0.15, -0.1) is 0 Å². The average Bonchev–Trinajstić information content (AvgIpc) is 2.55. The Morgan fingerprint density at radius 2 is 1.76 bits per heavy atom. The van der Waals surface area contributed by atoms with Gasteiger partial charge in [-0.05, 0) is 31.9 Å². The standard InChI is InChI=1S/C18H26N2O/c1-15-6-5-7-16(14-15)18(21)20-12-10-19(11-13-20)17-8-3-2-4-9-17/h5-7,14,17H,2-4,8-13H2,1H3. The number of carbonyl (C=O) groups is 1. The number of benzene rings is 1. The van der Waals surface area contributed by atoms with Gasteiger partial charge in [0.2, 0.25) is 0 Å². The van der Waals surface area contributed by atoms with Crippen LogP contribution in [0.5, 0.6) is 0 Å². The molecule has 1 saturated carbocycles. The van der Waals surface area contributed by atoms with Crippen molar-refractivity contribution in [3.05, 3.63) is 35.4 Å². The molecule has 3 nitrogen and oxygen atoms in total. The second-order valence-corrected chi connectivity index (χ2v) is 6.49. The zero-order valence-electron chi connectivity index (χ0n) is 13.1. The van der Waals surface area contributed by atoms with Crippen molar-refractivity contribution in [2.45, 2.75) is 45.1 Å². The second kappa shape index (κ2) is 6.61. The summed E-state index contributed by atoms with van der Waals surface area (Å²) in [7, 11) is 0. The predicted molar refractivity (Wildman–Crippen MR) is 85.5 cm³/mol. The molecule has 3 heteroatoms. The van der Waals surface area contributed by atoms with Crippen LogP contribution in [0.25, 0.3) is 0 Å². The molecule has 1 aromatic rings. The fourth-order valence-corrected chi connectivity index (χ4v) is 3.70. The van der Waals surface area contributed by atoms with Crippen LogP contribution in [0.15, 0.2) is 24.3 Å². The Kier molecular flexibility index (Phi) is 4.59. The molecule has 1 aliphatic heterocycles. The van der Waals surface area contributed by atoms with E-state index in [1.807, 2.05) is 36.1 Å². The van der Waals surface area contributed by atoms with E-state index in [4.69, 9.17) is 0 Å². The molecule has 1 amide bonds. The second-order valence-electron chi connectivity index (χ2n) is 6.49. The van der Waals surface area contributed by atoms with E-state index in [-0.39, 0.29) is 5.91 Å². The Balaban J connectivity index is 1.56. The maximum absolute atomic E-state index is 12.5. The lowest BCUT2D eigenvalue weighted by atomic mass is 9.94. The van der Waals surface area contributed by atoms with E-state index in [0.29, 0.717) is 0 Å². The van der Waals surface area contributed by atoms with Crippen LogP contribution in [0.3, 0.4) is 0 Å². The molecule has 114 valence electrons. The van der Waals surface area contributed by atoms with Gasteiger partial charge in [0.1, 0.15) is 0 Å². The highest BCUT2D eigenvalue weighted by molar-refractivity contribution is 5.94. The fourth-order valence-electron chi connectivity index (χ4n) is 3.70. The molecule has 3 rings (SSSR count). The number of piperazine rings is 1. The van der Waals surface area contributed by atoms with E-state index in [1.54, 1.807) is 0 Å². The number of carbonyl (C=O) groups excluding carboxylic acids is 1. The fraction of sp³-hybridized carbons (Fsp3) is 0.611. The van der Waals surface area contributed by atoms with Gasteiger partial charge in [-0.25, -0.2) is 0 Å². The summed E-state index contributed by atoms with van der Waals surface area (Å²) in [5, 5.41) is 0. The Morgan fingerprint density at radius 1 is 1.05 bits per heavy atom. The number of nitrogens with zero attached hydrogens (tertiary/aromatic N) is 2. The molecule has 1 heterocycles. The SMILES string of the molecule is Cc1cccc(C(=O)N2CCN(C3CCCCC3)CC2)c1. The van der Waals surface area contributed by atoms with Crippen LogP contribution in [0.1, 0.15) is 48.0 Å². The van der Waals surface area contributed by atoms with Crippen LogP contribution in [0, 0.1) is 6.92 Å². The van der Waals surface area contributed by atoms with Crippen LogP contribution in [0.2, 0.25) is 0 Å². The number of hydrogen-bond donors (Lipinski definition) is 0. The van der Waals surface area contributed by atoms with Crippen molar-refractivity contribution in [3.63, 3.8) is 0 Å². The molecule has 1 aliphatic carbocycles. The molecule has 2 fully saturated rings. The van der Waals surface area contributed by atoms with E-state index < -0.39 is 0 Å². The van der Waals surface area contributed by atoms with Gasteiger partial charge < -0.3 is 4.90 Å². The Morgan fingerprint density at radius 3 is 2.43 bits per heavy atom. The maximum Gasteiger partial charge on any atom is 0.253 e. The lowest BCUT2D eigenvalue weighted by Gasteiger charge is -2.40. The van der Waals surface area contributed by atoms with Gasteiger partial charge >= 0.3 is 0 Å². The number of aryl methyl sites for hydroxylation is 1. The zero-order valence-corrected chi connectivity index (χ0v) is 13.1. The van der Waals surface area contributed by atoms with Crippen molar-refractivity contribution in [2.75, 3.05) is 26.2 Å². The molecule has 0 aromatic heterocycles. The van der Waals surface area contributed by atoms with Gasteiger partial charge in [0.25, 0.3) is 5.91 Å².